The smallest absolute Gasteiger partial charge is 0.240 e. The maximum absolute atomic E-state index is 11.4. The van der Waals surface area contributed by atoms with Crippen LogP contribution in [0.25, 0.3) is 0 Å². The summed E-state index contributed by atoms with van der Waals surface area (Å²) in [5, 5.41) is 5.87. The van der Waals surface area contributed by atoms with Crippen molar-refractivity contribution in [1.82, 2.24) is 15.3 Å². The Kier molecular flexibility index (Phi) is 5.40. The van der Waals surface area contributed by atoms with Gasteiger partial charge in [-0.05, 0) is 6.92 Å². The van der Waals surface area contributed by atoms with Gasteiger partial charge in [-0.25, -0.2) is 9.97 Å². The molecule has 0 saturated heterocycles. The fraction of sp³-hybridized carbons (Fsp3) is 0.417. The minimum absolute atomic E-state index is 0.0962. The third-order valence-electron chi connectivity index (χ3n) is 2.25. The molecule has 0 unspecified atom stereocenters. The van der Waals surface area contributed by atoms with E-state index in [1.165, 1.54) is 0 Å². The van der Waals surface area contributed by atoms with Gasteiger partial charge in [-0.3, -0.25) is 4.79 Å². The minimum Gasteiger partial charge on any atom is -0.361 e. The van der Waals surface area contributed by atoms with Crippen molar-refractivity contribution in [2.24, 2.45) is 0 Å². The van der Waals surface area contributed by atoms with Crippen LogP contribution < -0.4 is 10.6 Å². The second kappa shape index (κ2) is 6.82. The van der Waals surface area contributed by atoms with Crippen LogP contribution in [0.15, 0.2) is 0 Å². The molecular formula is C12H15ClN4O. The number of amides is 1. The van der Waals surface area contributed by atoms with Crippen molar-refractivity contribution in [2.45, 2.75) is 20.3 Å². The molecule has 1 amide bonds. The predicted octanol–water partition coefficient (Wildman–Crippen LogP) is 1.16. The van der Waals surface area contributed by atoms with Crippen LogP contribution in [-0.4, -0.2) is 29.0 Å². The van der Waals surface area contributed by atoms with Crippen LogP contribution in [0.4, 0.5) is 5.82 Å². The number of terminal acetylenes is 1. The average molecular weight is 267 g/mol. The zero-order valence-electron chi connectivity index (χ0n) is 10.4. The van der Waals surface area contributed by atoms with Crippen molar-refractivity contribution in [3.8, 4) is 12.3 Å². The Labute approximate surface area is 111 Å². The second-order valence-electron chi connectivity index (χ2n) is 3.59. The van der Waals surface area contributed by atoms with E-state index in [0.717, 1.165) is 5.56 Å². The number of aryl methyl sites for hydroxylation is 1. The van der Waals surface area contributed by atoms with E-state index in [4.69, 9.17) is 18.0 Å². The van der Waals surface area contributed by atoms with Crippen molar-refractivity contribution >= 4 is 23.3 Å². The first-order valence-corrected chi connectivity index (χ1v) is 5.93. The summed E-state index contributed by atoms with van der Waals surface area (Å²) in [6.45, 7) is 4.04. The number of aromatic nitrogens is 2. The molecule has 2 N–H and O–H groups in total. The molecule has 5 nitrogen and oxygen atoms in total. The highest BCUT2D eigenvalue weighted by atomic mass is 35.5. The van der Waals surface area contributed by atoms with Crippen LogP contribution >= 0.6 is 11.6 Å². The van der Waals surface area contributed by atoms with Crippen molar-refractivity contribution in [2.75, 3.05) is 18.4 Å². The van der Waals surface area contributed by atoms with Crippen molar-refractivity contribution in [3.63, 3.8) is 0 Å². The van der Waals surface area contributed by atoms with Crippen LogP contribution in [0.1, 0.15) is 18.3 Å². The first-order valence-electron chi connectivity index (χ1n) is 5.55. The molecule has 0 aliphatic rings. The van der Waals surface area contributed by atoms with Gasteiger partial charge in [0.1, 0.15) is 16.8 Å². The SMILES string of the molecule is C#CCNC(=O)CNc1nc(CC)nc(Cl)c1C. The number of carbonyl (C=O) groups excluding carboxylic acids is 1. The number of nitrogens with one attached hydrogen (secondary N) is 2. The topological polar surface area (TPSA) is 66.9 Å². The van der Waals surface area contributed by atoms with Gasteiger partial charge >= 0.3 is 0 Å². The third-order valence-corrected chi connectivity index (χ3v) is 2.62. The van der Waals surface area contributed by atoms with E-state index in [2.05, 4.69) is 26.5 Å². The Morgan fingerprint density at radius 3 is 2.83 bits per heavy atom. The minimum atomic E-state index is -0.194. The zero-order chi connectivity index (χ0) is 13.5. The van der Waals surface area contributed by atoms with E-state index in [1.54, 1.807) is 6.92 Å². The third kappa shape index (κ3) is 3.90. The summed E-state index contributed by atoms with van der Waals surface area (Å²) in [5.41, 5.74) is 0.721. The summed E-state index contributed by atoms with van der Waals surface area (Å²) >= 11 is 5.98. The lowest BCUT2D eigenvalue weighted by atomic mass is 10.3. The number of anilines is 1. The molecule has 0 aromatic carbocycles. The van der Waals surface area contributed by atoms with Gasteiger partial charge in [0.15, 0.2) is 0 Å². The van der Waals surface area contributed by atoms with E-state index in [-0.39, 0.29) is 19.0 Å². The zero-order valence-corrected chi connectivity index (χ0v) is 11.1. The highest BCUT2D eigenvalue weighted by molar-refractivity contribution is 6.30. The number of rotatable bonds is 5. The monoisotopic (exact) mass is 266 g/mol. The molecule has 0 aliphatic carbocycles. The largest absolute Gasteiger partial charge is 0.361 e. The molecule has 96 valence electrons. The quantitative estimate of drug-likeness (QED) is 0.620. The lowest BCUT2D eigenvalue weighted by molar-refractivity contribution is -0.119. The summed E-state index contributed by atoms with van der Waals surface area (Å²) in [4.78, 5) is 19.8. The molecule has 0 aliphatic heterocycles. The Hall–Kier alpha value is -1.80. The standard InChI is InChI=1S/C12H15ClN4O/c1-4-6-14-10(18)7-15-12-8(3)11(13)16-9(5-2)17-12/h1H,5-7H2,2-3H3,(H,14,18)(H,15,16,17). The average Bonchev–Trinajstić information content (AvgIpc) is 2.37. The van der Waals surface area contributed by atoms with Gasteiger partial charge in [-0.15, -0.1) is 6.42 Å². The fourth-order valence-electron chi connectivity index (χ4n) is 1.24. The molecule has 1 aromatic heterocycles. The highest BCUT2D eigenvalue weighted by Crippen LogP contribution is 2.19. The normalized spacial score (nSPS) is 9.67. The van der Waals surface area contributed by atoms with Crippen LogP contribution in [0, 0.1) is 19.3 Å². The summed E-state index contributed by atoms with van der Waals surface area (Å²) in [6.07, 6.45) is 5.72. The molecule has 0 fully saturated rings. The van der Waals surface area contributed by atoms with Gasteiger partial charge < -0.3 is 10.6 Å². The Bertz CT molecular complexity index is 482. The predicted molar refractivity (Wildman–Crippen MR) is 71.5 cm³/mol. The second-order valence-corrected chi connectivity index (χ2v) is 3.95. The number of nitrogens with zero attached hydrogens (tertiary/aromatic N) is 2. The number of hydrogen-bond donors (Lipinski definition) is 2. The molecule has 0 atom stereocenters. The molecule has 0 radical (unpaired) electrons. The molecular weight excluding hydrogens is 252 g/mol. The Morgan fingerprint density at radius 2 is 2.22 bits per heavy atom. The molecule has 0 spiro atoms. The molecule has 6 heteroatoms. The Balaban J connectivity index is 2.70. The summed E-state index contributed by atoms with van der Waals surface area (Å²) in [5.74, 6) is 3.34. The molecule has 0 saturated carbocycles. The number of halogens is 1. The van der Waals surface area contributed by atoms with E-state index in [0.29, 0.717) is 23.2 Å². The van der Waals surface area contributed by atoms with E-state index in [9.17, 15) is 4.79 Å². The summed E-state index contributed by atoms with van der Waals surface area (Å²) in [6, 6.07) is 0. The Morgan fingerprint density at radius 1 is 1.50 bits per heavy atom. The van der Waals surface area contributed by atoms with Crippen LogP contribution in [0.3, 0.4) is 0 Å². The van der Waals surface area contributed by atoms with E-state index >= 15 is 0 Å². The van der Waals surface area contributed by atoms with Gasteiger partial charge in [-0.1, -0.05) is 24.4 Å². The molecule has 1 aromatic rings. The van der Waals surface area contributed by atoms with Crippen molar-refractivity contribution in [3.05, 3.63) is 16.5 Å². The number of carbonyl (C=O) groups is 1. The van der Waals surface area contributed by atoms with Gasteiger partial charge in [-0.2, -0.15) is 0 Å². The van der Waals surface area contributed by atoms with Crippen LogP contribution in [-0.2, 0) is 11.2 Å². The van der Waals surface area contributed by atoms with Crippen LogP contribution in [0.5, 0.6) is 0 Å². The lowest BCUT2D eigenvalue weighted by Gasteiger charge is -2.10. The first kappa shape index (κ1) is 14.3. The van der Waals surface area contributed by atoms with Gasteiger partial charge in [0, 0.05) is 12.0 Å². The number of hydrogen-bond acceptors (Lipinski definition) is 4. The van der Waals surface area contributed by atoms with Crippen molar-refractivity contribution in [1.29, 1.82) is 0 Å². The molecule has 18 heavy (non-hydrogen) atoms. The molecule has 1 rings (SSSR count). The van der Waals surface area contributed by atoms with E-state index < -0.39 is 0 Å². The molecule has 0 bridgehead atoms. The van der Waals surface area contributed by atoms with Gasteiger partial charge in [0.2, 0.25) is 5.91 Å². The maximum Gasteiger partial charge on any atom is 0.240 e. The van der Waals surface area contributed by atoms with Gasteiger partial charge in [0.05, 0.1) is 13.1 Å². The van der Waals surface area contributed by atoms with Crippen LogP contribution in [0.2, 0.25) is 5.15 Å². The highest BCUT2D eigenvalue weighted by Gasteiger charge is 2.09. The van der Waals surface area contributed by atoms with Crippen molar-refractivity contribution < 1.29 is 4.79 Å². The summed E-state index contributed by atoms with van der Waals surface area (Å²) < 4.78 is 0. The van der Waals surface area contributed by atoms with Gasteiger partial charge in [0.25, 0.3) is 0 Å². The summed E-state index contributed by atoms with van der Waals surface area (Å²) in [7, 11) is 0. The molecule has 1 heterocycles. The first-order chi connectivity index (χ1) is 8.58. The lowest BCUT2D eigenvalue weighted by Crippen LogP contribution is -2.30. The fourth-order valence-corrected chi connectivity index (χ4v) is 1.43. The maximum atomic E-state index is 11.4. The van der Waals surface area contributed by atoms with E-state index in [1.807, 2.05) is 6.92 Å².